The van der Waals surface area contributed by atoms with E-state index in [9.17, 15) is 30.6 Å². The predicted octanol–water partition coefficient (Wildman–Crippen LogP) is -5.40. The average Bonchev–Trinajstić information content (AvgIpc) is 2.80. The molecule has 0 radical (unpaired) electrons. The van der Waals surface area contributed by atoms with Crippen LogP contribution in [0.4, 0.5) is 0 Å². The predicted molar refractivity (Wildman–Crippen MR) is 68.6 cm³/mol. The second kappa shape index (κ2) is 7.21. The highest BCUT2D eigenvalue weighted by atomic mass is 16.8. The maximum Gasteiger partial charge on any atom is 0.224 e. The van der Waals surface area contributed by atoms with Crippen LogP contribution in [-0.4, -0.2) is 115 Å². The molecule has 2 rings (SSSR count). The molecule has 136 valence electrons. The lowest BCUT2D eigenvalue weighted by molar-refractivity contribution is -0.383. The molecule has 0 amide bonds. The molecule has 0 aliphatic carbocycles. The molecule has 11 nitrogen and oxygen atoms in total. The summed E-state index contributed by atoms with van der Waals surface area (Å²) < 4.78 is 15.4. The summed E-state index contributed by atoms with van der Waals surface area (Å²) in [4.78, 5) is 0. The van der Waals surface area contributed by atoms with Crippen LogP contribution in [0.15, 0.2) is 0 Å². The number of ether oxygens (including phenoxy) is 3. The van der Waals surface area contributed by atoms with E-state index in [0.29, 0.717) is 0 Å². The highest BCUT2D eigenvalue weighted by Crippen LogP contribution is 2.35. The smallest absolute Gasteiger partial charge is 0.224 e. The van der Waals surface area contributed by atoms with Crippen molar-refractivity contribution in [3.8, 4) is 0 Å². The van der Waals surface area contributed by atoms with Crippen LogP contribution in [0.2, 0.25) is 0 Å². The first-order valence-electron chi connectivity index (χ1n) is 7.05. The molecule has 23 heavy (non-hydrogen) atoms. The molecule has 0 unspecified atom stereocenters. The fourth-order valence-corrected chi connectivity index (χ4v) is 2.63. The molecule has 0 spiro atoms. The third-order valence-corrected chi connectivity index (χ3v) is 4.07. The van der Waals surface area contributed by atoms with Crippen LogP contribution in [0, 0.1) is 0 Å². The van der Waals surface area contributed by atoms with Gasteiger partial charge in [-0.1, -0.05) is 0 Å². The van der Waals surface area contributed by atoms with E-state index in [0.717, 1.165) is 0 Å². The third-order valence-electron chi connectivity index (χ3n) is 4.07. The van der Waals surface area contributed by atoms with Gasteiger partial charge in [0, 0.05) is 0 Å². The van der Waals surface area contributed by atoms with E-state index < -0.39 is 74.6 Å². The Morgan fingerprint density at radius 2 is 1.39 bits per heavy atom. The van der Waals surface area contributed by atoms with Gasteiger partial charge in [0.15, 0.2) is 6.29 Å². The van der Waals surface area contributed by atoms with Crippen molar-refractivity contribution < 1.29 is 55.1 Å². The maximum absolute atomic E-state index is 10.00. The van der Waals surface area contributed by atoms with E-state index in [2.05, 4.69) is 0 Å². The summed E-state index contributed by atoms with van der Waals surface area (Å²) in [6.07, 6.45) is -12.7. The quantitative estimate of drug-likeness (QED) is 0.238. The van der Waals surface area contributed by atoms with E-state index in [1.165, 1.54) is 0 Å². The Labute approximate surface area is 130 Å². The summed E-state index contributed by atoms with van der Waals surface area (Å²) in [7, 11) is 0. The zero-order valence-electron chi connectivity index (χ0n) is 12.0. The minimum absolute atomic E-state index is 0.669. The summed E-state index contributed by atoms with van der Waals surface area (Å²) >= 11 is 0. The molecule has 0 bridgehead atoms. The number of rotatable bonds is 5. The third kappa shape index (κ3) is 3.23. The van der Waals surface area contributed by atoms with Crippen molar-refractivity contribution in [3.63, 3.8) is 0 Å². The van der Waals surface area contributed by atoms with Crippen LogP contribution >= 0.6 is 0 Å². The van der Waals surface area contributed by atoms with Crippen LogP contribution in [0.25, 0.3) is 0 Å². The first-order valence-corrected chi connectivity index (χ1v) is 7.05. The number of aliphatic hydroxyl groups is 8. The van der Waals surface area contributed by atoms with Gasteiger partial charge in [-0.25, -0.2) is 0 Å². The van der Waals surface area contributed by atoms with Gasteiger partial charge in [0.2, 0.25) is 5.79 Å². The van der Waals surface area contributed by atoms with Crippen molar-refractivity contribution in [1.29, 1.82) is 0 Å². The fraction of sp³-hybridized carbons (Fsp3) is 1.00. The van der Waals surface area contributed by atoms with Gasteiger partial charge in [-0.15, -0.1) is 0 Å². The molecule has 0 saturated carbocycles. The van der Waals surface area contributed by atoms with Crippen molar-refractivity contribution in [3.05, 3.63) is 0 Å². The molecule has 2 aliphatic heterocycles. The molecular formula is C12H22O11. The Morgan fingerprint density at radius 1 is 0.783 bits per heavy atom. The van der Waals surface area contributed by atoms with Gasteiger partial charge >= 0.3 is 0 Å². The van der Waals surface area contributed by atoms with E-state index in [4.69, 9.17) is 24.4 Å². The Balaban J connectivity index is 2.18. The molecule has 2 fully saturated rings. The second-order valence-electron chi connectivity index (χ2n) is 5.56. The summed E-state index contributed by atoms with van der Waals surface area (Å²) in [6.45, 7) is -2.32. The molecular weight excluding hydrogens is 320 g/mol. The van der Waals surface area contributed by atoms with Crippen molar-refractivity contribution in [2.45, 2.75) is 54.8 Å². The van der Waals surface area contributed by atoms with Gasteiger partial charge < -0.3 is 55.1 Å². The van der Waals surface area contributed by atoms with Crippen LogP contribution in [0.3, 0.4) is 0 Å². The Morgan fingerprint density at radius 3 is 1.87 bits per heavy atom. The number of hydrogen-bond acceptors (Lipinski definition) is 11. The Bertz CT molecular complexity index is 393. The summed E-state index contributed by atoms with van der Waals surface area (Å²) in [5.74, 6) is -2.22. The van der Waals surface area contributed by atoms with Crippen LogP contribution in [0.1, 0.15) is 0 Å². The summed E-state index contributed by atoms with van der Waals surface area (Å²) in [5, 5.41) is 76.7. The number of hydrogen-bond donors (Lipinski definition) is 8. The molecule has 0 aromatic heterocycles. The Kier molecular flexibility index (Phi) is 5.92. The molecule has 0 aromatic carbocycles. The number of aliphatic hydroxyl groups excluding tert-OH is 8. The molecule has 0 aromatic rings. The van der Waals surface area contributed by atoms with Crippen molar-refractivity contribution in [1.82, 2.24) is 0 Å². The van der Waals surface area contributed by atoms with Gasteiger partial charge in [-0.05, 0) is 0 Å². The van der Waals surface area contributed by atoms with Gasteiger partial charge in [-0.3, -0.25) is 0 Å². The van der Waals surface area contributed by atoms with Gasteiger partial charge in [0.25, 0.3) is 0 Å². The van der Waals surface area contributed by atoms with E-state index in [1.54, 1.807) is 0 Å². The first kappa shape index (κ1) is 18.9. The SMILES string of the molecule is OC[C@H]1O[C@](CO)(O[C@@H]2O[C@H](CO)[C@@H](O)[C@H](O)[C@@H]2O)[C@@H](O)[C@@H]1O. The van der Waals surface area contributed by atoms with Gasteiger partial charge in [0.05, 0.1) is 13.2 Å². The lowest BCUT2D eigenvalue weighted by Crippen LogP contribution is -2.62. The first-order chi connectivity index (χ1) is 10.8. The molecule has 8 N–H and O–H groups in total. The van der Waals surface area contributed by atoms with E-state index >= 15 is 0 Å². The zero-order chi connectivity index (χ0) is 17.4. The minimum atomic E-state index is -2.22. The lowest BCUT2D eigenvalue weighted by Gasteiger charge is -2.43. The maximum atomic E-state index is 10.00. The second-order valence-corrected chi connectivity index (χ2v) is 5.56. The van der Waals surface area contributed by atoms with E-state index in [-0.39, 0.29) is 0 Å². The standard InChI is InChI=1S/C12H22O11/c13-1-4-6(16)8(18)9(19)11(21-4)23-12(3-15)10(20)7(17)5(2-14)22-12/h4-11,13-20H,1-3H2/t4-,5-,6-,7-,8+,9+,10+,11+,12-/m1/s1. The topological polar surface area (TPSA) is 190 Å². The summed E-state index contributed by atoms with van der Waals surface area (Å²) in [5.41, 5.74) is 0. The minimum Gasteiger partial charge on any atom is -0.394 e. The van der Waals surface area contributed by atoms with Crippen LogP contribution in [0.5, 0.6) is 0 Å². The highest BCUT2D eigenvalue weighted by molar-refractivity contribution is 4.98. The molecule has 2 aliphatic rings. The van der Waals surface area contributed by atoms with Gasteiger partial charge in [0.1, 0.15) is 49.3 Å². The summed E-state index contributed by atoms with van der Waals surface area (Å²) in [6, 6.07) is 0. The fourth-order valence-electron chi connectivity index (χ4n) is 2.63. The zero-order valence-corrected chi connectivity index (χ0v) is 12.0. The average molecular weight is 342 g/mol. The highest BCUT2D eigenvalue weighted by Gasteiger charge is 2.58. The monoisotopic (exact) mass is 342 g/mol. The molecule has 2 heterocycles. The van der Waals surface area contributed by atoms with Crippen LogP contribution in [-0.2, 0) is 14.2 Å². The van der Waals surface area contributed by atoms with Crippen LogP contribution < -0.4 is 0 Å². The van der Waals surface area contributed by atoms with Crippen molar-refractivity contribution in [2.75, 3.05) is 19.8 Å². The normalized spacial score (nSPS) is 51.1. The molecule has 9 atom stereocenters. The van der Waals surface area contributed by atoms with E-state index in [1.807, 2.05) is 0 Å². The Hall–Kier alpha value is -0.440. The van der Waals surface area contributed by atoms with Crippen molar-refractivity contribution in [2.24, 2.45) is 0 Å². The molecule has 11 heteroatoms. The largest absolute Gasteiger partial charge is 0.394 e. The van der Waals surface area contributed by atoms with Gasteiger partial charge in [-0.2, -0.15) is 0 Å². The van der Waals surface area contributed by atoms with Crippen molar-refractivity contribution >= 4 is 0 Å². The molecule has 2 saturated heterocycles. The lowest BCUT2D eigenvalue weighted by atomic mass is 9.99.